The maximum atomic E-state index is 11.7. The molecule has 3 rings (SSSR count). The summed E-state index contributed by atoms with van der Waals surface area (Å²) in [7, 11) is 0. The quantitative estimate of drug-likeness (QED) is 0.763. The van der Waals surface area contributed by atoms with Crippen molar-refractivity contribution in [2.75, 3.05) is 18.5 Å². The number of nitrogens with one attached hydrogen (secondary N) is 2. The molecule has 6 nitrogen and oxygen atoms in total. The van der Waals surface area contributed by atoms with Crippen molar-refractivity contribution in [3.63, 3.8) is 0 Å². The predicted molar refractivity (Wildman–Crippen MR) is 95.4 cm³/mol. The predicted octanol–water partition coefficient (Wildman–Crippen LogP) is 2.94. The minimum absolute atomic E-state index is 0. The Morgan fingerprint density at radius 1 is 1.43 bits per heavy atom. The average molecular weight is 361 g/mol. The van der Waals surface area contributed by atoms with Gasteiger partial charge in [-0.3, -0.25) is 4.79 Å². The standard InChI is InChI=1S/C15H20N4O2.2ClH/c16-7-1-4-14(20)17-10-5-6-11-12(9-10)19-15(18-11)13-3-2-8-21-13;;/h5-6,9,13H,1-4,7-8,16H2,(H,17,20)(H,18,19);2*1H. The number of carbonyl (C=O) groups excluding carboxylic acids is 1. The van der Waals surface area contributed by atoms with Crippen LogP contribution >= 0.6 is 24.8 Å². The van der Waals surface area contributed by atoms with E-state index < -0.39 is 0 Å². The van der Waals surface area contributed by atoms with Crippen molar-refractivity contribution in [3.05, 3.63) is 24.0 Å². The molecular formula is C15H22Cl2N4O2. The number of fused-ring (bicyclic) bond motifs is 1. The van der Waals surface area contributed by atoms with Crippen LogP contribution in [0.5, 0.6) is 0 Å². The Morgan fingerprint density at radius 3 is 2.96 bits per heavy atom. The lowest BCUT2D eigenvalue weighted by atomic mass is 10.2. The second-order valence-electron chi connectivity index (χ2n) is 5.30. The van der Waals surface area contributed by atoms with Crippen LogP contribution in [0.3, 0.4) is 0 Å². The summed E-state index contributed by atoms with van der Waals surface area (Å²) < 4.78 is 5.63. The highest BCUT2D eigenvalue weighted by molar-refractivity contribution is 5.93. The van der Waals surface area contributed by atoms with Gasteiger partial charge < -0.3 is 20.8 Å². The molecule has 0 spiro atoms. The largest absolute Gasteiger partial charge is 0.370 e. The lowest BCUT2D eigenvalue weighted by molar-refractivity contribution is -0.116. The van der Waals surface area contributed by atoms with Gasteiger partial charge in [-0.05, 0) is 44.0 Å². The van der Waals surface area contributed by atoms with Crippen LogP contribution in [0.2, 0.25) is 0 Å². The fourth-order valence-corrected chi connectivity index (χ4v) is 2.54. The Morgan fingerprint density at radius 2 is 2.26 bits per heavy atom. The van der Waals surface area contributed by atoms with Gasteiger partial charge in [0.15, 0.2) is 0 Å². The van der Waals surface area contributed by atoms with E-state index in [2.05, 4.69) is 15.3 Å². The van der Waals surface area contributed by atoms with Gasteiger partial charge in [-0.1, -0.05) is 0 Å². The van der Waals surface area contributed by atoms with Gasteiger partial charge >= 0.3 is 0 Å². The summed E-state index contributed by atoms with van der Waals surface area (Å²) in [6, 6.07) is 5.67. The molecule has 0 saturated carbocycles. The van der Waals surface area contributed by atoms with Gasteiger partial charge in [-0.15, -0.1) is 24.8 Å². The van der Waals surface area contributed by atoms with Crippen LogP contribution in [0.1, 0.15) is 37.6 Å². The highest BCUT2D eigenvalue weighted by Crippen LogP contribution is 2.28. The van der Waals surface area contributed by atoms with Gasteiger partial charge in [-0.25, -0.2) is 4.98 Å². The molecule has 1 atom stereocenters. The number of hydrogen-bond donors (Lipinski definition) is 3. The number of amides is 1. The van der Waals surface area contributed by atoms with Crippen molar-refractivity contribution in [3.8, 4) is 0 Å². The van der Waals surface area contributed by atoms with E-state index in [1.807, 2.05) is 18.2 Å². The first-order chi connectivity index (χ1) is 10.3. The molecule has 1 aromatic heterocycles. The molecule has 0 bridgehead atoms. The molecule has 1 amide bonds. The van der Waals surface area contributed by atoms with Gasteiger partial charge in [0.25, 0.3) is 0 Å². The number of H-pyrrole nitrogens is 1. The van der Waals surface area contributed by atoms with Crippen LogP contribution in [0, 0.1) is 0 Å². The third-order valence-electron chi connectivity index (χ3n) is 3.63. The molecule has 1 unspecified atom stereocenters. The number of halogens is 2. The second-order valence-corrected chi connectivity index (χ2v) is 5.30. The number of rotatable bonds is 5. The Bertz CT molecular complexity index is 641. The van der Waals surface area contributed by atoms with Crippen molar-refractivity contribution in [2.45, 2.75) is 31.8 Å². The van der Waals surface area contributed by atoms with Crippen molar-refractivity contribution < 1.29 is 9.53 Å². The van der Waals surface area contributed by atoms with Crippen molar-refractivity contribution >= 4 is 47.4 Å². The van der Waals surface area contributed by atoms with Crippen LogP contribution in [-0.2, 0) is 9.53 Å². The number of hydrogen-bond acceptors (Lipinski definition) is 4. The molecule has 23 heavy (non-hydrogen) atoms. The van der Waals surface area contributed by atoms with Crippen molar-refractivity contribution in [2.24, 2.45) is 5.73 Å². The van der Waals surface area contributed by atoms with Gasteiger partial charge in [-0.2, -0.15) is 0 Å². The number of aromatic nitrogens is 2. The third-order valence-corrected chi connectivity index (χ3v) is 3.63. The van der Waals surface area contributed by atoms with Crippen molar-refractivity contribution in [1.82, 2.24) is 9.97 Å². The molecule has 2 heterocycles. The van der Waals surface area contributed by atoms with E-state index in [1.165, 1.54) is 0 Å². The molecule has 128 valence electrons. The van der Waals surface area contributed by atoms with Gasteiger partial charge in [0.05, 0.1) is 11.0 Å². The first-order valence-electron chi connectivity index (χ1n) is 7.37. The number of ether oxygens (including phenoxy) is 1. The Hall–Kier alpha value is -1.34. The first-order valence-corrected chi connectivity index (χ1v) is 7.37. The molecule has 0 aliphatic carbocycles. The van der Waals surface area contributed by atoms with Crippen LogP contribution in [0.25, 0.3) is 11.0 Å². The number of anilines is 1. The van der Waals surface area contributed by atoms with Gasteiger partial charge in [0.1, 0.15) is 11.9 Å². The fraction of sp³-hybridized carbons (Fsp3) is 0.467. The third kappa shape index (κ3) is 4.81. The summed E-state index contributed by atoms with van der Waals surface area (Å²) in [5.41, 5.74) is 7.98. The second kappa shape index (κ2) is 9.08. The van der Waals surface area contributed by atoms with Crippen LogP contribution in [-0.4, -0.2) is 29.0 Å². The van der Waals surface area contributed by atoms with Crippen LogP contribution in [0.4, 0.5) is 5.69 Å². The minimum Gasteiger partial charge on any atom is -0.370 e. The zero-order chi connectivity index (χ0) is 14.7. The molecule has 8 heteroatoms. The smallest absolute Gasteiger partial charge is 0.224 e. The number of nitrogens with two attached hydrogens (primary N) is 1. The SMILES string of the molecule is Cl.Cl.NCCCC(=O)Nc1ccc2nc(C3CCCO3)[nH]c2c1. The van der Waals surface area contributed by atoms with Gasteiger partial charge in [0, 0.05) is 18.7 Å². The van der Waals surface area contributed by atoms with E-state index in [9.17, 15) is 4.79 Å². The van der Waals surface area contributed by atoms with E-state index >= 15 is 0 Å². The number of benzene rings is 1. The molecule has 4 N–H and O–H groups in total. The van der Waals surface area contributed by atoms with E-state index in [1.54, 1.807) is 0 Å². The lowest BCUT2D eigenvalue weighted by Gasteiger charge is -2.04. The monoisotopic (exact) mass is 360 g/mol. The Kier molecular flexibility index (Phi) is 7.78. The molecule has 1 fully saturated rings. The molecule has 1 saturated heterocycles. The van der Waals surface area contributed by atoms with E-state index in [0.29, 0.717) is 19.4 Å². The molecular weight excluding hydrogens is 339 g/mol. The number of aromatic amines is 1. The zero-order valence-corrected chi connectivity index (χ0v) is 14.3. The topological polar surface area (TPSA) is 93.0 Å². The maximum Gasteiger partial charge on any atom is 0.224 e. The number of imidazole rings is 1. The highest BCUT2D eigenvalue weighted by Gasteiger charge is 2.21. The lowest BCUT2D eigenvalue weighted by Crippen LogP contribution is -2.13. The molecule has 1 aliphatic heterocycles. The van der Waals surface area contributed by atoms with Crippen LogP contribution in [0.15, 0.2) is 18.2 Å². The Labute approximate surface area is 147 Å². The number of carbonyl (C=O) groups is 1. The average Bonchev–Trinajstić information content (AvgIpc) is 3.13. The summed E-state index contributed by atoms with van der Waals surface area (Å²) in [5, 5.41) is 2.87. The van der Waals surface area contributed by atoms with Crippen molar-refractivity contribution in [1.29, 1.82) is 0 Å². The van der Waals surface area contributed by atoms with Crippen LogP contribution < -0.4 is 11.1 Å². The maximum absolute atomic E-state index is 11.7. The molecule has 1 aromatic carbocycles. The summed E-state index contributed by atoms with van der Waals surface area (Å²) in [6.07, 6.45) is 3.28. The van der Waals surface area contributed by atoms with E-state index in [4.69, 9.17) is 10.5 Å². The summed E-state index contributed by atoms with van der Waals surface area (Å²) >= 11 is 0. The van der Waals surface area contributed by atoms with Gasteiger partial charge in [0.2, 0.25) is 5.91 Å². The minimum atomic E-state index is -0.0151. The molecule has 1 aliphatic rings. The van der Waals surface area contributed by atoms with E-state index in [0.717, 1.165) is 42.0 Å². The normalized spacial score (nSPS) is 16.7. The summed E-state index contributed by atoms with van der Waals surface area (Å²) in [4.78, 5) is 19.6. The fourth-order valence-electron chi connectivity index (χ4n) is 2.54. The zero-order valence-electron chi connectivity index (χ0n) is 12.7. The summed E-state index contributed by atoms with van der Waals surface area (Å²) in [5.74, 6) is 0.854. The number of nitrogens with zero attached hydrogens (tertiary/aromatic N) is 1. The molecule has 0 radical (unpaired) electrons. The van der Waals surface area contributed by atoms with E-state index in [-0.39, 0.29) is 36.8 Å². The first kappa shape index (κ1) is 19.7. The summed E-state index contributed by atoms with van der Waals surface area (Å²) in [6.45, 7) is 1.32. The highest BCUT2D eigenvalue weighted by atomic mass is 35.5. The molecule has 2 aromatic rings. The Balaban J connectivity index is 0.00000132.